The highest BCUT2D eigenvalue weighted by atomic mass is 16.3. The van der Waals surface area contributed by atoms with Crippen LogP contribution in [0.4, 0.5) is 5.82 Å². The van der Waals surface area contributed by atoms with Crippen LogP contribution in [0.15, 0.2) is 47.3 Å². The minimum absolute atomic E-state index is 0.108. The fraction of sp³-hybridized carbons (Fsp3) is 0.316. The molecule has 2 N–H and O–H groups in total. The minimum atomic E-state index is -0.180. The lowest BCUT2D eigenvalue weighted by Gasteiger charge is -2.24. The van der Waals surface area contributed by atoms with E-state index in [-0.39, 0.29) is 18.2 Å². The van der Waals surface area contributed by atoms with E-state index >= 15 is 0 Å². The Balaban J connectivity index is 1.71. The first-order chi connectivity index (χ1) is 12.2. The number of hydrogen-bond donors (Lipinski definition) is 2. The smallest absolute Gasteiger partial charge is 0.270 e. The summed E-state index contributed by atoms with van der Waals surface area (Å²) in [5.74, 6) is 0.800. The molecule has 4 rings (SSSR count). The Morgan fingerprint density at radius 2 is 2.00 bits per heavy atom. The molecule has 0 spiro atoms. The second-order valence-electron chi connectivity index (χ2n) is 6.39. The first-order valence-electron chi connectivity index (χ1n) is 8.56. The average Bonchev–Trinajstić information content (AvgIpc) is 3.12. The van der Waals surface area contributed by atoms with Gasteiger partial charge in [-0.15, -0.1) is 0 Å². The van der Waals surface area contributed by atoms with Crippen LogP contribution < -0.4 is 10.5 Å². The van der Waals surface area contributed by atoms with Crippen molar-refractivity contribution in [2.45, 2.75) is 25.3 Å². The Morgan fingerprint density at radius 3 is 2.80 bits per heavy atom. The highest BCUT2D eigenvalue weighted by Gasteiger charge is 2.25. The van der Waals surface area contributed by atoms with E-state index in [4.69, 9.17) is 0 Å². The summed E-state index contributed by atoms with van der Waals surface area (Å²) >= 11 is 0. The van der Waals surface area contributed by atoms with Crippen LogP contribution in [-0.2, 0) is 6.42 Å². The van der Waals surface area contributed by atoms with Gasteiger partial charge in [0.15, 0.2) is 5.65 Å². The first-order valence-corrected chi connectivity index (χ1v) is 8.56. The molecule has 1 aromatic carbocycles. The van der Waals surface area contributed by atoms with Crippen LogP contribution in [0.2, 0.25) is 0 Å². The van der Waals surface area contributed by atoms with Crippen molar-refractivity contribution in [1.29, 1.82) is 0 Å². The lowest BCUT2D eigenvalue weighted by atomic mass is 10.1. The van der Waals surface area contributed by atoms with E-state index in [2.05, 4.69) is 19.9 Å². The molecule has 1 atom stereocenters. The number of pyridine rings is 1. The number of aromatic nitrogens is 3. The summed E-state index contributed by atoms with van der Waals surface area (Å²) in [6.45, 7) is 1.00. The van der Waals surface area contributed by atoms with E-state index in [1.165, 1.54) is 0 Å². The van der Waals surface area contributed by atoms with Gasteiger partial charge in [-0.05, 0) is 30.5 Å². The SMILES string of the molecule is O=c1[nH]c2ccc(N3CCCC3CO)nc2nc1Cc1ccccc1. The molecule has 0 radical (unpaired) electrons. The summed E-state index contributed by atoms with van der Waals surface area (Å²) in [6.07, 6.45) is 2.48. The third-order valence-corrected chi connectivity index (χ3v) is 4.71. The van der Waals surface area contributed by atoms with Gasteiger partial charge in [-0.25, -0.2) is 9.97 Å². The fourth-order valence-corrected chi connectivity index (χ4v) is 3.39. The molecule has 1 unspecified atom stereocenters. The molecular formula is C19H20N4O2. The van der Waals surface area contributed by atoms with Gasteiger partial charge in [0.1, 0.15) is 11.5 Å². The lowest BCUT2D eigenvalue weighted by Crippen LogP contribution is -2.32. The molecule has 1 aliphatic rings. The number of fused-ring (bicyclic) bond motifs is 1. The fourth-order valence-electron chi connectivity index (χ4n) is 3.39. The molecule has 2 aromatic heterocycles. The molecular weight excluding hydrogens is 316 g/mol. The van der Waals surface area contributed by atoms with Gasteiger partial charge in [0.2, 0.25) is 0 Å². The van der Waals surface area contributed by atoms with Crippen molar-refractivity contribution in [3.63, 3.8) is 0 Å². The molecule has 25 heavy (non-hydrogen) atoms. The maximum atomic E-state index is 12.3. The first kappa shape index (κ1) is 15.8. The van der Waals surface area contributed by atoms with Crippen molar-refractivity contribution >= 4 is 17.0 Å². The highest BCUT2D eigenvalue weighted by Crippen LogP contribution is 2.24. The van der Waals surface area contributed by atoms with Gasteiger partial charge in [-0.3, -0.25) is 4.79 Å². The van der Waals surface area contributed by atoms with E-state index in [1.807, 2.05) is 42.5 Å². The number of nitrogens with zero attached hydrogens (tertiary/aromatic N) is 3. The highest BCUT2D eigenvalue weighted by molar-refractivity contribution is 5.72. The van der Waals surface area contributed by atoms with Crippen molar-refractivity contribution in [3.05, 3.63) is 64.1 Å². The Morgan fingerprint density at radius 1 is 1.16 bits per heavy atom. The number of aliphatic hydroxyl groups is 1. The zero-order valence-electron chi connectivity index (χ0n) is 13.9. The van der Waals surface area contributed by atoms with Crippen molar-refractivity contribution in [2.75, 3.05) is 18.1 Å². The maximum Gasteiger partial charge on any atom is 0.270 e. The predicted molar refractivity (Wildman–Crippen MR) is 96.9 cm³/mol. The number of anilines is 1. The van der Waals surface area contributed by atoms with Gasteiger partial charge in [-0.2, -0.15) is 0 Å². The Hall–Kier alpha value is -2.73. The summed E-state index contributed by atoms with van der Waals surface area (Å²) in [6, 6.07) is 13.6. The third-order valence-electron chi connectivity index (χ3n) is 4.71. The number of nitrogens with one attached hydrogen (secondary N) is 1. The van der Waals surface area contributed by atoms with Crippen LogP contribution in [0.5, 0.6) is 0 Å². The quantitative estimate of drug-likeness (QED) is 0.760. The molecule has 1 saturated heterocycles. The zero-order valence-corrected chi connectivity index (χ0v) is 13.9. The van der Waals surface area contributed by atoms with Crippen LogP contribution in [0.3, 0.4) is 0 Å². The molecule has 1 fully saturated rings. The Bertz CT molecular complexity index is 939. The summed E-state index contributed by atoms with van der Waals surface area (Å²) < 4.78 is 0. The zero-order chi connectivity index (χ0) is 17.2. The molecule has 6 nitrogen and oxygen atoms in total. The van der Waals surface area contributed by atoms with Crippen LogP contribution in [-0.4, -0.2) is 39.3 Å². The summed E-state index contributed by atoms with van der Waals surface area (Å²) in [5.41, 5.74) is 2.48. The van der Waals surface area contributed by atoms with E-state index in [1.54, 1.807) is 0 Å². The number of benzene rings is 1. The molecule has 6 heteroatoms. The Kier molecular flexibility index (Phi) is 4.19. The number of aromatic amines is 1. The molecule has 3 aromatic rings. The molecule has 128 valence electrons. The van der Waals surface area contributed by atoms with Gasteiger partial charge in [0.05, 0.1) is 18.2 Å². The van der Waals surface area contributed by atoms with E-state index < -0.39 is 0 Å². The predicted octanol–water partition coefficient (Wildman–Crippen LogP) is 1.87. The number of H-pyrrole nitrogens is 1. The van der Waals surface area contributed by atoms with Crippen LogP contribution >= 0.6 is 0 Å². The largest absolute Gasteiger partial charge is 0.394 e. The van der Waals surface area contributed by atoms with Gasteiger partial charge in [-0.1, -0.05) is 30.3 Å². The van der Waals surface area contributed by atoms with Crippen LogP contribution in [0, 0.1) is 0 Å². The summed E-state index contributed by atoms with van der Waals surface area (Å²) in [4.78, 5) is 26.4. The van der Waals surface area contributed by atoms with Gasteiger partial charge >= 0.3 is 0 Å². The van der Waals surface area contributed by atoms with Crippen LogP contribution in [0.1, 0.15) is 24.1 Å². The summed E-state index contributed by atoms with van der Waals surface area (Å²) in [7, 11) is 0. The lowest BCUT2D eigenvalue weighted by molar-refractivity contribution is 0.266. The van der Waals surface area contributed by atoms with Crippen molar-refractivity contribution in [1.82, 2.24) is 15.0 Å². The van der Waals surface area contributed by atoms with Crippen LogP contribution in [0.25, 0.3) is 11.2 Å². The molecule has 0 aliphatic carbocycles. The second-order valence-corrected chi connectivity index (χ2v) is 6.39. The van der Waals surface area contributed by atoms with E-state index in [0.29, 0.717) is 23.3 Å². The van der Waals surface area contributed by atoms with Crippen molar-refractivity contribution in [2.24, 2.45) is 0 Å². The standard InChI is InChI=1S/C19H20N4O2/c24-12-14-7-4-10-23(14)17-9-8-15-18(22-17)20-16(19(25)21-15)11-13-5-2-1-3-6-13/h1-3,5-6,8-9,14,24H,4,7,10-12H2,(H,21,25). The second kappa shape index (κ2) is 6.64. The number of aliphatic hydroxyl groups excluding tert-OH is 1. The maximum absolute atomic E-state index is 12.3. The van der Waals surface area contributed by atoms with Gasteiger partial charge in [0, 0.05) is 13.0 Å². The monoisotopic (exact) mass is 336 g/mol. The normalized spacial score (nSPS) is 17.3. The summed E-state index contributed by atoms with van der Waals surface area (Å²) in [5, 5.41) is 9.52. The minimum Gasteiger partial charge on any atom is -0.394 e. The number of rotatable bonds is 4. The topological polar surface area (TPSA) is 82.1 Å². The van der Waals surface area contributed by atoms with E-state index in [0.717, 1.165) is 30.8 Å². The molecule has 3 heterocycles. The van der Waals surface area contributed by atoms with E-state index in [9.17, 15) is 9.90 Å². The van der Waals surface area contributed by atoms with Gasteiger partial charge < -0.3 is 15.0 Å². The molecule has 0 bridgehead atoms. The number of hydrogen-bond acceptors (Lipinski definition) is 5. The average molecular weight is 336 g/mol. The third kappa shape index (κ3) is 3.13. The van der Waals surface area contributed by atoms with Crippen molar-refractivity contribution in [3.8, 4) is 0 Å². The molecule has 0 saturated carbocycles. The Labute approximate surface area is 145 Å². The van der Waals surface area contributed by atoms with Crippen molar-refractivity contribution < 1.29 is 5.11 Å². The van der Waals surface area contributed by atoms with Gasteiger partial charge in [0.25, 0.3) is 5.56 Å². The molecule has 1 aliphatic heterocycles. The molecule has 0 amide bonds.